The number of hydrogen-bond donors (Lipinski definition) is 2. The van der Waals surface area contributed by atoms with E-state index >= 15 is 0 Å². The van der Waals surface area contributed by atoms with E-state index in [1.54, 1.807) is 12.3 Å². The predicted octanol–water partition coefficient (Wildman–Crippen LogP) is 3.97. The van der Waals surface area contributed by atoms with Gasteiger partial charge in [-0.05, 0) is 69.4 Å². The van der Waals surface area contributed by atoms with Crippen molar-refractivity contribution >= 4 is 28.3 Å². The smallest absolute Gasteiger partial charge is 0.261 e. The van der Waals surface area contributed by atoms with Crippen molar-refractivity contribution in [3.63, 3.8) is 0 Å². The number of amides is 1. The minimum absolute atomic E-state index is 0.0148. The fourth-order valence-corrected chi connectivity index (χ4v) is 4.39. The van der Waals surface area contributed by atoms with Crippen LogP contribution in [0.25, 0.3) is 10.9 Å². The molecule has 1 amide bonds. The molecule has 1 saturated heterocycles. The Bertz CT molecular complexity index is 1330. The molecule has 0 spiro atoms. The summed E-state index contributed by atoms with van der Waals surface area (Å²) in [4.78, 5) is 30.2. The van der Waals surface area contributed by atoms with Crippen LogP contribution in [0.2, 0.25) is 0 Å². The molecular weight excluding hydrogens is 444 g/mol. The molecule has 3 heterocycles. The van der Waals surface area contributed by atoms with Crippen molar-refractivity contribution in [1.82, 2.24) is 19.7 Å². The second kappa shape index (κ2) is 9.92. The van der Waals surface area contributed by atoms with E-state index in [1.807, 2.05) is 54.6 Å². The predicted molar refractivity (Wildman–Crippen MR) is 135 cm³/mol. The molecule has 0 radical (unpaired) electrons. The lowest BCUT2D eigenvalue weighted by Crippen LogP contribution is -2.50. The summed E-state index contributed by atoms with van der Waals surface area (Å²) >= 11 is 0. The topological polar surface area (TPSA) is 116 Å². The lowest BCUT2D eigenvalue weighted by atomic mass is 10.0. The summed E-state index contributed by atoms with van der Waals surface area (Å²) in [6.45, 7) is 9.89. The number of rotatable bonds is 5. The molecule has 35 heavy (non-hydrogen) atoms. The number of anilines is 2. The van der Waals surface area contributed by atoms with Crippen LogP contribution in [0.1, 0.15) is 49.5 Å². The summed E-state index contributed by atoms with van der Waals surface area (Å²) in [6.07, 6.45) is 4.08. The third-order valence-electron chi connectivity index (χ3n) is 6.23. The molecule has 0 unspecified atom stereocenters. The van der Waals surface area contributed by atoms with Crippen molar-refractivity contribution in [2.75, 3.05) is 25.0 Å². The number of hydrogen-bond acceptors (Lipinski definition) is 6. The number of nitrogens with one attached hydrogen (secondary N) is 2. The Morgan fingerprint density at radius 1 is 1.34 bits per heavy atom. The molecule has 2 aliphatic rings. The Balaban J connectivity index is 0.000000917. The Morgan fingerprint density at radius 3 is 2.74 bits per heavy atom. The molecular formula is C26H32N6O3. The van der Waals surface area contributed by atoms with Crippen molar-refractivity contribution in [3.05, 3.63) is 51.9 Å². The summed E-state index contributed by atoms with van der Waals surface area (Å²) in [5.74, 6) is 1.19. The van der Waals surface area contributed by atoms with Crippen LogP contribution in [-0.4, -0.2) is 50.9 Å². The largest absolute Gasteiger partial charge is 0.372 e. The number of H-pyrrole nitrogens is 1. The first-order valence-corrected chi connectivity index (χ1v) is 11.9. The molecule has 5 rings (SSSR count). The highest BCUT2D eigenvalue weighted by atomic mass is 16.5. The van der Waals surface area contributed by atoms with E-state index in [0.29, 0.717) is 42.4 Å². The van der Waals surface area contributed by atoms with Gasteiger partial charge in [0.1, 0.15) is 5.39 Å². The summed E-state index contributed by atoms with van der Waals surface area (Å²) in [6, 6.07) is 9.29. The maximum Gasteiger partial charge on any atom is 0.261 e. The molecule has 2 fully saturated rings. The summed E-state index contributed by atoms with van der Waals surface area (Å²) in [5, 5.41) is 15.9. The van der Waals surface area contributed by atoms with Crippen molar-refractivity contribution in [3.8, 4) is 6.07 Å². The van der Waals surface area contributed by atoms with Crippen LogP contribution in [0.5, 0.6) is 0 Å². The van der Waals surface area contributed by atoms with Gasteiger partial charge in [-0.2, -0.15) is 10.4 Å². The first-order valence-electron chi connectivity index (χ1n) is 11.9. The lowest BCUT2D eigenvalue weighted by Gasteiger charge is -2.38. The number of carbonyl (C=O) groups is 1. The molecule has 1 aliphatic carbocycles. The standard InChI is InChI=1S/C24H29N5O3.C2H3N/c1-15-12-17(6-7-18(15)23(31)28-10-11-32-24(2,3)14-28)26-21-20-19(8-9-25-22(20)30)29(27-21)13-16-4-5-16;1-2-3/h6-9,12,16H,4-5,10-11,13-14H2,1-3H3,(H,25,30)(H,26,27);1H3. The van der Waals surface area contributed by atoms with Crippen LogP contribution in [0.3, 0.4) is 0 Å². The number of carbonyl (C=O) groups excluding carboxylic acids is 1. The number of aryl methyl sites for hydroxylation is 1. The van der Waals surface area contributed by atoms with Crippen LogP contribution in [0.15, 0.2) is 35.3 Å². The van der Waals surface area contributed by atoms with Gasteiger partial charge in [-0.25, -0.2) is 0 Å². The lowest BCUT2D eigenvalue weighted by molar-refractivity contribution is -0.0764. The third kappa shape index (κ3) is 5.54. The highest BCUT2D eigenvalue weighted by molar-refractivity contribution is 5.97. The second-order valence-corrected chi connectivity index (χ2v) is 9.75. The molecule has 1 saturated carbocycles. The van der Waals surface area contributed by atoms with Crippen LogP contribution in [-0.2, 0) is 11.3 Å². The van der Waals surface area contributed by atoms with E-state index < -0.39 is 0 Å². The fraction of sp³-hybridized carbons (Fsp3) is 0.462. The number of benzene rings is 1. The molecule has 9 nitrogen and oxygen atoms in total. The molecule has 0 atom stereocenters. The van der Waals surface area contributed by atoms with Gasteiger partial charge in [-0.15, -0.1) is 0 Å². The van der Waals surface area contributed by atoms with E-state index in [0.717, 1.165) is 23.3 Å². The monoisotopic (exact) mass is 476 g/mol. The third-order valence-corrected chi connectivity index (χ3v) is 6.23. The molecule has 3 aromatic rings. The number of nitrogens with zero attached hydrogens (tertiary/aromatic N) is 4. The minimum Gasteiger partial charge on any atom is -0.372 e. The molecule has 0 bridgehead atoms. The molecule has 184 valence electrons. The summed E-state index contributed by atoms with van der Waals surface area (Å²) < 4.78 is 7.66. The van der Waals surface area contributed by atoms with Gasteiger partial charge in [0.15, 0.2) is 5.82 Å². The van der Waals surface area contributed by atoms with E-state index in [1.165, 1.54) is 19.8 Å². The van der Waals surface area contributed by atoms with Crippen molar-refractivity contribution in [1.29, 1.82) is 5.26 Å². The highest BCUT2D eigenvalue weighted by Crippen LogP contribution is 2.33. The van der Waals surface area contributed by atoms with Gasteiger partial charge in [0.05, 0.1) is 23.8 Å². The second-order valence-electron chi connectivity index (χ2n) is 9.75. The van der Waals surface area contributed by atoms with Gasteiger partial charge in [0, 0.05) is 44.0 Å². The Hall–Kier alpha value is -3.64. The molecule has 1 aliphatic heterocycles. The number of pyridine rings is 1. The van der Waals surface area contributed by atoms with Gasteiger partial charge in [-0.3, -0.25) is 14.3 Å². The highest BCUT2D eigenvalue weighted by Gasteiger charge is 2.31. The van der Waals surface area contributed by atoms with Crippen molar-refractivity contribution in [2.24, 2.45) is 5.92 Å². The van der Waals surface area contributed by atoms with Crippen LogP contribution < -0.4 is 10.9 Å². The molecule has 1 aromatic carbocycles. The zero-order valence-corrected chi connectivity index (χ0v) is 20.7. The van der Waals surface area contributed by atoms with E-state index in [-0.39, 0.29) is 17.1 Å². The quantitative estimate of drug-likeness (QED) is 0.576. The average molecular weight is 477 g/mol. The van der Waals surface area contributed by atoms with Crippen LogP contribution >= 0.6 is 0 Å². The molecule has 9 heteroatoms. The van der Waals surface area contributed by atoms with Gasteiger partial charge < -0.3 is 19.9 Å². The molecule has 2 N–H and O–H groups in total. The summed E-state index contributed by atoms with van der Waals surface area (Å²) in [5.41, 5.74) is 2.68. The van der Waals surface area contributed by atoms with Crippen LogP contribution in [0.4, 0.5) is 11.5 Å². The van der Waals surface area contributed by atoms with Crippen molar-refractivity contribution < 1.29 is 9.53 Å². The Morgan fingerprint density at radius 2 is 2.09 bits per heavy atom. The first kappa shape index (κ1) is 24.5. The van der Waals surface area contributed by atoms with Gasteiger partial charge in [0.25, 0.3) is 11.5 Å². The normalized spacial score (nSPS) is 16.8. The number of fused-ring (bicyclic) bond motifs is 1. The fourth-order valence-electron chi connectivity index (χ4n) is 4.39. The number of nitriles is 1. The van der Waals surface area contributed by atoms with Crippen molar-refractivity contribution in [2.45, 2.75) is 52.7 Å². The van der Waals surface area contributed by atoms with Crippen LogP contribution in [0, 0.1) is 24.2 Å². The van der Waals surface area contributed by atoms with E-state index in [4.69, 9.17) is 15.1 Å². The number of ether oxygens (including phenoxy) is 1. The SMILES string of the molecule is CC#N.Cc1cc(Nc2nn(CC3CC3)c3cc[nH]c(=O)c23)ccc1C(=O)N1CCOC(C)(C)C1. The first-order chi connectivity index (χ1) is 16.7. The van der Waals surface area contributed by atoms with Gasteiger partial charge in [-0.1, -0.05) is 0 Å². The minimum atomic E-state index is -0.337. The molecule has 2 aromatic heterocycles. The van der Waals surface area contributed by atoms with Gasteiger partial charge in [0.2, 0.25) is 0 Å². The average Bonchev–Trinajstić information content (AvgIpc) is 3.55. The maximum atomic E-state index is 13.1. The Kier molecular flexibility index (Phi) is 6.94. The van der Waals surface area contributed by atoms with Gasteiger partial charge >= 0.3 is 0 Å². The zero-order valence-electron chi connectivity index (χ0n) is 20.7. The Labute approximate surface area is 204 Å². The summed E-state index contributed by atoms with van der Waals surface area (Å²) in [7, 11) is 0. The van der Waals surface area contributed by atoms with E-state index in [2.05, 4.69) is 10.3 Å². The zero-order chi connectivity index (χ0) is 25.2. The van der Waals surface area contributed by atoms with E-state index in [9.17, 15) is 9.59 Å². The number of aromatic amines is 1. The number of morpholine rings is 1. The number of aromatic nitrogens is 3. The maximum absolute atomic E-state index is 13.1.